The van der Waals surface area contributed by atoms with E-state index in [2.05, 4.69) is 31.7 Å². The predicted molar refractivity (Wildman–Crippen MR) is 160 cm³/mol. The molecule has 2 saturated carbocycles. The first-order chi connectivity index (χ1) is 20.0. The number of carbonyl (C=O) groups excluding carboxylic acids is 2. The topological polar surface area (TPSA) is 150 Å². The molecule has 2 aliphatic carbocycles. The number of aromatic nitrogens is 1. The molecule has 2 aromatic rings. The number of carboxylic acids is 1. The molecule has 10 nitrogen and oxygen atoms in total. The number of aliphatic carboxylic acids is 1. The van der Waals surface area contributed by atoms with Gasteiger partial charge < -0.3 is 21.1 Å². The maximum Gasteiger partial charge on any atom is 0.323 e. The second-order valence-electron chi connectivity index (χ2n) is 12.4. The zero-order valence-corrected chi connectivity index (χ0v) is 25.4. The van der Waals surface area contributed by atoms with Gasteiger partial charge in [0.2, 0.25) is 11.8 Å². The van der Waals surface area contributed by atoms with Crippen LogP contribution >= 0.6 is 0 Å². The minimum atomic E-state index is -1.73. The number of pyridine rings is 1. The van der Waals surface area contributed by atoms with Crippen LogP contribution in [0.3, 0.4) is 0 Å². The zero-order valence-electron chi connectivity index (χ0n) is 24.5. The summed E-state index contributed by atoms with van der Waals surface area (Å²) in [5.41, 5.74) is 4.93. The normalized spacial score (nSPS) is 23.9. The fraction of sp³-hybridized carbons (Fsp3) is 0.548. The molecule has 2 heterocycles. The molecule has 2 unspecified atom stereocenters. The van der Waals surface area contributed by atoms with Gasteiger partial charge in [-0.3, -0.25) is 14.4 Å². The molecule has 226 valence electrons. The van der Waals surface area contributed by atoms with Crippen molar-refractivity contribution in [1.82, 2.24) is 20.3 Å². The fourth-order valence-corrected chi connectivity index (χ4v) is 8.08. The lowest BCUT2D eigenvalue weighted by atomic mass is 9.50. The second-order valence-corrected chi connectivity index (χ2v) is 13.6. The van der Waals surface area contributed by atoms with E-state index in [4.69, 9.17) is 0 Å². The average Bonchev–Trinajstić information content (AvgIpc) is 2.89. The molecule has 0 bridgehead atoms. The molecule has 1 aliphatic heterocycles. The molecule has 0 radical (unpaired) electrons. The third kappa shape index (κ3) is 6.83. The van der Waals surface area contributed by atoms with Gasteiger partial charge in [0, 0.05) is 37.2 Å². The van der Waals surface area contributed by atoms with Gasteiger partial charge in [-0.05, 0) is 93.9 Å². The van der Waals surface area contributed by atoms with E-state index in [0.717, 1.165) is 73.3 Å². The van der Waals surface area contributed by atoms with Gasteiger partial charge in [0.25, 0.3) is 0 Å². The third-order valence-electron chi connectivity index (χ3n) is 8.83. The van der Waals surface area contributed by atoms with Gasteiger partial charge in [-0.1, -0.05) is 23.8 Å². The fourth-order valence-electron chi connectivity index (χ4n) is 6.82. The van der Waals surface area contributed by atoms with Crippen LogP contribution in [0, 0.1) is 32.1 Å². The highest BCUT2D eigenvalue weighted by Crippen LogP contribution is 2.58. The lowest BCUT2D eigenvalue weighted by Gasteiger charge is -2.57. The van der Waals surface area contributed by atoms with E-state index in [0.29, 0.717) is 17.7 Å². The molecule has 5 rings (SSSR count). The Bertz CT molecular complexity index is 1380. The van der Waals surface area contributed by atoms with Crippen LogP contribution in [0.4, 0.5) is 5.82 Å². The molecule has 2 amide bonds. The maximum absolute atomic E-state index is 13.0. The Hall–Kier alpha value is -3.31. The standard InChI is InChI=1S/C31H41N5O5S/c1-18-11-19(2)27(20(3)12-18)42(41)36-25(30(39)40)17-33-29(38)22-13-31(14-22)15-24(16-31)34-26(37)9-8-23-7-6-21-5-4-10-32-28(21)35-23/h6-7,11-12,22,24-25,36H,4-5,8-10,13-17H2,1-3H3,(H,32,35)(H,33,38)(H,34,37)(H,39,40). The highest BCUT2D eigenvalue weighted by molar-refractivity contribution is 7.83. The Kier molecular flexibility index (Phi) is 8.98. The summed E-state index contributed by atoms with van der Waals surface area (Å²) in [6.07, 6.45) is 6.33. The van der Waals surface area contributed by atoms with Gasteiger partial charge in [-0.2, -0.15) is 0 Å². The highest BCUT2D eigenvalue weighted by Gasteiger charge is 2.55. The first kappa shape index (κ1) is 30.2. The van der Waals surface area contributed by atoms with Crippen LogP contribution in [0.25, 0.3) is 0 Å². The molecule has 1 aromatic carbocycles. The molecule has 42 heavy (non-hydrogen) atoms. The number of fused-ring (bicyclic) bond motifs is 1. The minimum Gasteiger partial charge on any atom is -0.480 e. The van der Waals surface area contributed by atoms with Crippen LogP contribution < -0.4 is 20.7 Å². The molecular formula is C31H41N5O5S. The van der Waals surface area contributed by atoms with Crippen LogP contribution in [0.1, 0.15) is 66.5 Å². The van der Waals surface area contributed by atoms with Gasteiger partial charge in [0.1, 0.15) is 22.8 Å². The lowest BCUT2D eigenvalue weighted by Crippen LogP contribution is -2.59. The number of nitrogens with zero attached hydrogens (tertiary/aromatic N) is 1. The van der Waals surface area contributed by atoms with Crippen molar-refractivity contribution in [2.24, 2.45) is 11.3 Å². The molecular weight excluding hydrogens is 554 g/mol. The summed E-state index contributed by atoms with van der Waals surface area (Å²) in [6, 6.07) is 6.88. The lowest BCUT2D eigenvalue weighted by molar-refractivity contribution is -0.142. The summed E-state index contributed by atoms with van der Waals surface area (Å²) in [6.45, 7) is 6.43. The van der Waals surface area contributed by atoms with Gasteiger partial charge in [0.05, 0.1) is 4.90 Å². The number of nitrogens with one attached hydrogen (secondary N) is 4. The molecule has 2 fully saturated rings. The number of benzene rings is 1. The van der Waals surface area contributed by atoms with Crippen LogP contribution in [0.5, 0.6) is 0 Å². The van der Waals surface area contributed by atoms with Crippen molar-refractivity contribution in [3.63, 3.8) is 0 Å². The number of hydrogen-bond donors (Lipinski definition) is 5. The number of anilines is 1. The predicted octanol–water partition coefficient (Wildman–Crippen LogP) is 2.85. The SMILES string of the molecule is Cc1cc(C)c(S(=O)NC(CNC(=O)C2CC3(CC(NC(=O)CCc4ccc5c(n4)NCCC5)C3)C2)C(=O)O)c(C)c1. The summed E-state index contributed by atoms with van der Waals surface area (Å²) in [5, 5.41) is 18.9. The smallest absolute Gasteiger partial charge is 0.323 e. The molecule has 11 heteroatoms. The van der Waals surface area contributed by atoms with Crippen molar-refractivity contribution in [3.8, 4) is 0 Å². The quantitative estimate of drug-likeness (QED) is 0.268. The second kappa shape index (κ2) is 12.5. The summed E-state index contributed by atoms with van der Waals surface area (Å²) >= 11 is 0. The number of aryl methyl sites for hydroxylation is 5. The van der Waals surface area contributed by atoms with Gasteiger partial charge >= 0.3 is 5.97 Å². The van der Waals surface area contributed by atoms with E-state index in [1.165, 1.54) is 5.56 Å². The summed E-state index contributed by atoms with van der Waals surface area (Å²) < 4.78 is 15.6. The Labute approximate surface area is 249 Å². The Morgan fingerprint density at radius 3 is 2.52 bits per heavy atom. The number of carbonyl (C=O) groups is 3. The number of rotatable bonds is 11. The Morgan fingerprint density at radius 1 is 1.12 bits per heavy atom. The van der Waals surface area contributed by atoms with Gasteiger partial charge in [-0.15, -0.1) is 0 Å². The van der Waals surface area contributed by atoms with Crippen molar-refractivity contribution in [1.29, 1.82) is 0 Å². The molecule has 1 spiro atoms. The summed E-state index contributed by atoms with van der Waals surface area (Å²) in [4.78, 5) is 42.4. The highest BCUT2D eigenvalue weighted by atomic mass is 32.2. The maximum atomic E-state index is 13.0. The van der Waals surface area contributed by atoms with Gasteiger partial charge in [0.15, 0.2) is 0 Å². The third-order valence-corrected chi connectivity index (χ3v) is 10.3. The summed E-state index contributed by atoms with van der Waals surface area (Å²) in [5.74, 6) is -0.557. The van der Waals surface area contributed by atoms with Gasteiger partial charge in [-0.25, -0.2) is 13.9 Å². The monoisotopic (exact) mass is 595 g/mol. The van der Waals surface area contributed by atoms with E-state index in [9.17, 15) is 23.7 Å². The van der Waals surface area contributed by atoms with Crippen LogP contribution in [-0.2, 0) is 38.2 Å². The Balaban J connectivity index is 1.01. The number of hydrogen-bond acceptors (Lipinski definition) is 6. The summed E-state index contributed by atoms with van der Waals surface area (Å²) in [7, 11) is -1.73. The van der Waals surface area contributed by atoms with E-state index < -0.39 is 23.0 Å². The molecule has 1 aromatic heterocycles. The van der Waals surface area contributed by atoms with E-state index in [1.807, 2.05) is 39.0 Å². The molecule has 5 N–H and O–H groups in total. The average molecular weight is 596 g/mol. The van der Waals surface area contributed by atoms with Crippen LogP contribution in [0.15, 0.2) is 29.2 Å². The molecule has 3 aliphatic rings. The van der Waals surface area contributed by atoms with E-state index >= 15 is 0 Å². The molecule has 2 atom stereocenters. The Morgan fingerprint density at radius 2 is 1.83 bits per heavy atom. The largest absolute Gasteiger partial charge is 0.480 e. The first-order valence-electron chi connectivity index (χ1n) is 14.8. The van der Waals surface area contributed by atoms with Crippen molar-refractivity contribution in [2.45, 2.75) is 89.1 Å². The first-order valence-corrected chi connectivity index (χ1v) is 16.0. The van der Waals surface area contributed by atoms with Crippen molar-refractivity contribution < 1.29 is 23.7 Å². The zero-order chi connectivity index (χ0) is 30.0. The van der Waals surface area contributed by atoms with Crippen LogP contribution in [0.2, 0.25) is 0 Å². The minimum absolute atomic E-state index is 0.0246. The van der Waals surface area contributed by atoms with E-state index in [1.54, 1.807) is 0 Å². The van der Waals surface area contributed by atoms with Crippen molar-refractivity contribution in [2.75, 3.05) is 18.4 Å². The number of carboxylic acid groups (broad SMARTS) is 1. The van der Waals surface area contributed by atoms with Crippen molar-refractivity contribution in [3.05, 3.63) is 52.2 Å². The van der Waals surface area contributed by atoms with Crippen LogP contribution in [-0.4, -0.2) is 57.3 Å². The number of amides is 2. The molecule has 0 saturated heterocycles. The van der Waals surface area contributed by atoms with Crippen molar-refractivity contribution >= 4 is 34.6 Å². The van der Waals surface area contributed by atoms with E-state index in [-0.39, 0.29) is 35.7 Å².